The van der Waals surface area contributed by atoms with Crippen LogP contribution in [0.4, 0.5) is 0 Å². The molecular weight excluding hydrogens is 254 g/mol. The Balaban J connectivity index is 2.06. The predicted octanol–water partition coefficient (Wildman–Crippen LogP) is 2.07. The number of hydrogen-bond donors (Lipinski definition) is 2. The highest BCUT2D eigenvalue weighted by Crippen LogP contribution is 2.28. The number of methoxy groups -OCH3 is 1. The highest BCUT2D eigenvalue weighted by atomic mass is 16.5. The van der Waals surface area contributed by atoms with Crippen molar-refractivity contribution in [1.82, 2.24) is 10.6 Å². The zero-order valence-electron chi connectivity index (χ0n) is 13.1. The number of rotatable bonds is 9. The van der Waals surface area contributed by atoms with E-state index in [4.69, 9.17) is 0 Å². The summed E-state index contributed by atoms with van der Waals surface area (Å²) in [5.41, 5.74) is 0. The highest BCUT2D eigenvalue weighted by Gasteiger charge is 2.33. The zero-order valence-corrected chi connectivity index (χ0v) is 13.1. The first kappa shape index (κ1) is 16.8. The van der Waals surface area contributed by atoms with Gasteiger partial charge in [-0.15, -0.1) is 0 Å². The number of carbonyl (C=O) groups is 1. The van der Waals surface area contributed by atoms with Crippen molar-refractivity contribution in [2.45, 2.75) is 58.4 Å². The number of ether oxygens (including phenoxy) is 1. The predicted molar refractivity (Wildman–Crippen MR) is 81.8 cm³/mol. The van der Waals surface area contributed by atoms with Crippen LogP contribution in [0.3, 0.4) is 0 Å². The van der Waals surface area contributed by atoms with Crippen molar-refractivity contribution >= 4 is 11.9 Å². The van der Waals surface area contributed by atoms with Crippen molar-refractivity contribution in [2.75, 3.05) is 20.2 Å². The van der Waals surface area contributed by atoms with Crippen LogP contribution in [-0.2, 0) is 9.53 Å². The first-order valence-corrected chi connectivity index (χ1v) is 7.79. The molecule has 0 radical (unpaired) electrons. The van der Waals surface area contributed by atoms with Crippen LogP contribution in [0.15, 0.2) is 4.99 Å². The summed E-state index contributed by atoms with van der Waals surface area (Å²) in [6.07, 6.45) is 5.93. The number of nitrogens with one attached hydrogen (secondary N) is 2. The Hall–Kier alpha value is -1.26. The lowest BCUT2D eigenvalue weighted by molar-refractivity contribution is -0.140. The number of guanidine groups is 1. The van der Waals surface area contributed by atoms with Gasteiger partial charge in [0.2, 0.25) is 0 Å². The van der Waals surface area contributed by atoms with E-state index in [1.165, 1.54) is 13.5 Å². The van der Waals surface area contributed by atoms with Gasteiger partial charge in [0.05, 0.1) is 7.11 Å². The SMILES string of the molecule is CCNC(=NCCCCCCC(=O)OC)NC1CC1C. The van der Waals surface area contributed by atoms with Gasteiger partial charge in [-0.05, 0) is 32.1 Å². The molecule has 116 valence electrons. The number of unbranched alkanes of at least 4 members (excludes halogenated alkanes) is 3. The monoisotopic (exact) mass is 283 g/mol. The molecule has 2 atom stereocenters. The lowest BCUT2D eigenvalue weighted by atomic mass is 10.1. The lowest BCUT2D eigenvalue weighted by Gasteiger charge is -2.10. The number of hydrogen-bond acceptors (Lipinski definition) is 3. The molecule has 0 spiro atoms. The quantitative estimate of drug-likeness (QED) is 0.294. The van der Waals surface area contributed by atoms with E-state index < -0.39 is 0 Å². The summed E-state index contributed by atoms with van der Waals surface area (Å²) in [4.78, 5) is 15.5. The average Bonchev–Trinajstić information content (AvgIpc) is 3.12. The topological polar surface area (TPSA) is 62.7 Å². The second kappa shape index (κ2) is 9.61. The van der Waals surface area contributed by atoms with E-state index in [0.717, 1.165) is 50.7 Å². The molecule has 1 saturated carbocycles. The van der Waals surface area contributed by atoms with Crippen LogP contribution in [-0.4, -0.2) is 38.2 Å². The molecule has 5 heteroatoms. The van der Waals surface area contributed by atoms with Crippen LogP contribution < -0.4 is 10.6 Å². The Morgan fingerprint density at radius 3 is 2.60 bits per heavy atom. The third-order valence-electron chi connectivity index (χ3n) is 3.56. The first-order valence-electron chi connectivity index (χ1n) is 7.79. The van der Waals surface area contributed by atoms with Crippen molar-refractivity contribution in [2.24, 2.45) is 10.9 Å². The molecule has 1 aliphatic carbocycles. The van der Waals surface area contributed by atoms with Crippen molar-refractivity contribution in [3.63, 3.8) is 0 Å². The summed E-state index contributed by atoms with van der Waals surface area (Å²) in [6.45, 7) is 6.07. The molecule has 0 aromatic carbocycles. The van der Waals surface area contributed by atoms with Crippen LogP contribution in [0.1, 0.15) is 52.4 Å². The van der Waals surface area contributed by atoms with Crippen LogP contribution in [0.2, 0.25) is 0 Å². The Labute approximate surface area is 122 Å². The summed E-state index contributed by atoms with van der Waals surface area (Å²) in [5, 5.41) is 6.72. The third-order valence-corrected chi connectivity index (χ3v) is 3.56. The van der Waals surface area contributed by atoms with Gasteiger partial charge in [-0.25, -0.2) is 0 Å². The summed E-state index contributed by atoms with van der Waals surface area (Å²) >= 11 is 0. The molecule has 0 heterocycles. The third kappa shape index (κ3) is 7.36. The number of carbonyl (C=O) groups excluding carboxylic acids is 1. The molecule has 2 unspecified atom stereocenters. The summed E-state index contributed by atoms with van der Waals surface area (Å²) in [7, 11) is 1.44. The van der Waals surface area contributed by atoms with Gasteiger partial charge in [0, 0.05) is 25.6 Å². The Morgan fingerprint density at radius 1 is 1.30 bits per heavy atom. The van der Waals surface area contributed by atoms with E-state index in [-0.39, 0.29) is 5.97 Å². The highest BCUT2D eigenvalue weighted by molar-refractivity contribution is 5.80. The van der Waals surface area contributed by atoms with Crippen molar-refractivity contribution in [3.8, 4) is 0 Å². The molecule has 2 N–H and O–H groups in total. The standard InChI is InChI=1S/C15H29N3O2/c1-4-16-15(18-13-11-12(13)2)17-10-8-6-5-7-9-14(19)20-3/h12-13H,4-11H2,1-3H3,(H2,16,17,18). The molecule has 0 bridgehead atoms. The van der Waals surface area contributed by atoms with Crippen molar-refractivity contribution < 1.29 is 9.53 Å². The molecule has 0 aromatic heterocycles. The Kier molecular flexibility index (Phi) is 8.07. The van der Waals surface area contributed by atoms with Gasteiger partial charge < -0.3 is 15.4 Å². The zero-order chi connectivity index (χ0) is 14.8. The van der Waals surface area contributed by atoms with E-state index in [1.54, 1.807) is 0 Å². The molecule has 0 aliphatic heterocycles. The molecule has 1 aliphatic rings. The van der Waals surface area contributed by atoms with Crippen LogP contribution in [0.5, 0.6) is 0 Å². The molecule has 20 heavy (non-hydrogen) atoms. The fraction of sp³-hybridized carbons (Fsp3) is 0.867. The molecule has 0 aromatic rings. The van der Waals surface area contributed by atoms with E-state index >= 15 is 0 Å². The van der Waals surface area contributed by atoms with Crippen LogP contribution in [0, 0.1) is 5.92 Å². The van der Waals surface area contributed by atoms with E-state index in [2.05, 4.69) is 34.2 Å². The fourth-order valence-corrected chi connectivity index (χ4v) is 2.05. The molecule has 5 nitrogen and oxygen atoms in total. The Morgan fingerprint density at radius 2 is 2.00 bits per heavy atom. The summed E-state index contributed by atoms with van der Waals surface area (Å²) in [6, 6.07) is 0.604. The van der Waals surface area contributed by atoms with Crippen molar-refractivity contribution in [1.29, 1.82) is 0 Å². The lowest BCUT2D eigenvalue weighted by Crippen LogP contribution is -2.39. The Bertz CT molecular complexity index is 318. The minimum atomic E-state index is -0.111. The molecular formula is C15H29N3O2. The average molecular weight is 283 g/mol. The van der Waals surface area contributed by atoms with Gasteiger partial charge in [-0.3, -0.25) is 9.79 Å². The fourth-order valence-electron chi connectivity index (χ4n) is 2.05. The van der Waals surface area contributed by atoms with Gasteiger partial charge in [0.25, 0.3) is 0 Å². The summed E-state index contributed by atoms with van der Waals surface area (Å²) in [5.74, 6) is 1.61. The minimum absolute atomic E-state index is 0.111. The van der Waals surface area contributed by atoms with E-state index in [9.17, 15) is 4.79 Å². The smallest absolute Gasteiger partial charge is 0.305 e. The number of nitrogens with zero attached hydrogens (tertiary/aromatic N) is 1. The van der Waals surface area contributed by atoms with Gasteiger partial charge in [0.1, 0.15) is 0 Å². The van der Waals surface area contributed by atoms with Crippen molar-refractivity contribution in [3.05, 3.63) is 0 Å². The normalized spacial score (nSPS) is 21.4. The van der Waals surface area contributed by atoms with Crippen LogP contribution >= 0.6 is 0 Å². The molecule has 0 saturated heterocycles. The molecule has 0 amide bonds. The second-order valence-corrected chi connectivity index (χ2v) is 5.46. The first-order chi connectivity index (χ1) is 9.67. The maximum Gasteiger partial charge on any atom is 0.305 e. The number of aliphatic imine (C=N–C) groups is 1. The maximum absolute atomic E-state index is 10.9. The van der Waals surface area contributed by atoms with Gasteiger partial charge in [-0.1, -0.05) is 19.8 Å². The van der Waals surface area contributed by atoms with Gasteiger partial charge in [-0.2, -0.15) is 0 Å². The maximum atomic E-state index is 10.9. The minimum Gasteiger partial charge on any atom is -0.469 e. The molecule has 1 rings (SSSR count). The van der Waals surface area contributed by atoms with E-state index in [0.29, 0.717) is 12.5 Å². The van der Waals surface area contributed by atoms with E-state index in [1.807, 2.05) is 0 Å². The second-order valence-electron chi connectivity index (χ2n) is 5.46. The van der Waals surface area contributed by atoms with Crippen LogP contribution in [0.25, 0.3) is 0 Å². The van der Waals surface area contributed by atoms with Gasteiger partial charge >= 0.3 is 5.97 Å². The summed E-state index contributed by atoms with van der Waals surface area (Å²) < 4.78 is 4.61. The largest absolute Gasteiger partial charge is 0.469 e. The number of esters is 1. The molecule has 1 fully saturated rings. The van der Waals surface area contributed by atoms with Gasteiger partial charge in [0.15, 0.2) is 5.96 Å².